The van der Waals surface area contributed by atoms with Crippen LogP contribution in [0, 0.1) is 0 Å². The van der Waals surface area contributed by atoms with Gasteiger partial charge >= 0.3 is 0 Å². The van der Waals surface area contributed by atoms with Crippen LogP contribution < -0.4 is 4.31 Å². The van der Waals surface area contributed by atoms with Crippen molar-refractivity contribution >= 4 is 27.2 Å². The Morgan fingerprint density at radius 3 is 1.79 bits per heavy atom. The lowest BCUT2D eigenvalue weighted by molar-refractivity contribution is -0.127. The Labute approximate surface area is 224 Å². The Hall–Kier alpha value is -4.42. The van der Waals surface area contributed by atoms with Gasteiger partial charge in [0.15, 0.2) is 4.91 Å². The molecule has 0 bridgehead atoms. The van der Waals surface area contributed by atoms with Crippen molar-refractivity contribution in [2.75, 3.05) is 10.8 Å². The molecule has 0 saturated heterocycles. The van der Waals surface area contributed by atoms with Gasteiger partial charge in [-0.25, -0.2) is 8.42 Å². The highest BCUT2D eigenvalue weighted by Gasteiger charge is 2.42. The molecule has 0 aliphatic carbocycles. The minimum Gasteiger partial charge on any atom is -0.329 e. The van der Waals surface area contributed by atoms with Crippen LogP contribution in [0.15, 0.2) is 133 Å². The van der Waals surface area contributed by atoms with Gasteiger partial charge in [0.1, 0.15) is 0 Å². The molecule has 0 radical (unpaired) electrons. The normalized spacial score (nSPS) is 14.1. The third-order valence-electron chi connectivity index (χ3n) is 6.49. The summed E-state index contributed by atoms with van der Waals surface area (Å²) in [6.07, 6.45) is 1.54. The van der Waals surface area contributed by atoms with Crippen LogP contribution in [0.2, 0.25) is 0 Å². The molecule has 5 nitrogen and oxygen atoms in total. The fourth-order valence-corrected chi connectivity index (χ4v) is 6.54. The molecule has 5 rings (SSSR count). The Balaban J connectivity index is 1.74. The molecule has 1 aliphatic rings. The number of fused-ring (bicyclic) bond motifs is 1. The van der Waals surface area contributed by atoms with E-state index in [2.05, 4.69) is 6.58 Å². The second-order valence-corrected chi connectivity index (χ2v) is 10.8. The van der Waals surface area contributed by atoms with Gasteiger partial charge in [0.25, 0.3) is 15.9 Å². The zero-order valence-corrected chi connectivity index (χ0v) is 21.7. The van der Waals surface area contributed by atoms with Crippen molar-refractivity contribution < 1.29 is 13.2 Å². The molecule has 1 aliphatic heterocycles. The van der Waals surface area contributed by atoms with E-state index in [9.17, 15) is 13.2 Å². The molecule has 190 valence electrons. The Kier molecular flexibility index (Phi) is 7.24. The number of rotatable bonds is 8. The van der Waals surface area contributed by atoms with Gasteiger partial charge < -0.3 is 4.90 Å². The van der Waals surface area contributed by atoms with Crippen molar-refractivity contribution in [2.45, 2.75) is 13.1 Å². The minimum atomic E-state index is -4.22. The van der Waals surface area contributed by atoms with Gasteiger partial charge in [-0.2, -0.15) is 0 Å². The molecule has 1 heterocycles. The number of carbonyl (C=O) groups is 1. The summed E-state index contributed by atoms with van der Waals surface area (Å²) in [4.78, 5) is 15.9. The number of anilines is 1. The predicted molar refractivity (Wildman–Crippen MR) is 153 cm³/mol. The van der Waals surface area contributed by atoms with Crippen LogP contribution in [0.1, 0.15) is 22.3 Å². The van der Waals surface area contributed by atoms with E-state index in [4.69, 9.17) is 0 Å². The largest absolute Gasteiger partial charge is 0.329 e. The lowest BCUT2D eigenvalue weighted by Crippen LogP contribution is -2.42. The summed E-state index contributed by atoms with van der Waals surface area (Å²) in [6.45, 7) is 4.35. The molecule has 1 amide bonds. The molecule has 0 saturated carbocycles. The lowest BCUT2D eigenvalue weighted by Gasteiger charge is -2.35. The van der Waals surface area contributed by atoms with E-state index in [-0.39, 0.29) is 24.5 Å². The van der Waals surface area contributed by atoms with Crippen molar-refractivity contribution in [1.29, 1.82) is 0 Å². The third kappa shape index (κ3) is 4.91. The molecule has 38 heavy (non-hydrogen) atoms. The van der Waals surface area contributed by atoms with Crippen LogP contribution in [0.3, 0.4) is 0 Å². The first-order valence-corrected chi connectivity index (χ1v) is 13.8. The van der Waals surface area contributed by atoms with Gasteiger partial charge in [0.05, 0.1) is 12.2 Å². The Morgan fingerprint density at radius 2 is 1.24 bits per heavy atom. The quantitative estimate of drug-likeness (QED) is 0.267. The molecule has 0 unspecified atom stereocenters. The van der Waals surface area contributed by atoms with E-state index in [0.29, 0.717) is 22.4 Å². The molecule has 0 aromatic heterocycles. The maximum Gasteiger partial charge on any atom is 0.270 e. The fourth-order valence-electron chi connectivity index (χ4n) is 4.77. The van der Waals surface area contributed by atoms with Crippen LogP contribution in [0.4, 0.5) is 5.69 Å². The first-order valence-electron chi connectivity index (χ1n) is 12.4. The van der Waals surface area contributed by atoms with Crippen molar-refractivity contribution in [3.05, 3.63) is 155 Å². The molecule has 0 spiro atoms. The summed E-state index contributed by atoms with van der Waals surface area (Å²) in [7, 11) is -4.22. The number of carbonyl (C=O) groups excluding carboxylic acids is 1. The number of sulfonamides is 1. The standard InChI is InChI=1S/C32H28N2O3S/c1-2-22-34-29-21-13-12-20-28(29)30(27-18-10-5-11-19-27)31(38(34,36)37)32(35)33(23-25-14-6-3-7-15-25)24-26-16-8-4-9-17-26/h2-21H,1,22-24H2. The molecular weight excluding hydrogens is 492 g/mol. The van der Waals surface area contributed by atoms with Gasteiger partial charge in [-0.15, -0.1) is 6.58 Å². The van der Waals surface area contributed by atoms with E-state index in [0.717, 1.165) is 11.1 Å². The minimum absolute atomic E-state index is 0.0512. The predicted octanol–water partition coefficient (Wildman–Crippen LogP) is 6.01. The first-order chi connectivity index (χ1) is 18.5. The second-order valence-electron chi connectivity index (χ2n) is 9.04. The van der Waals surface area contributed by atoms with Gasteiger partial charge in [0, 0.05) is 24.2 Å². The second kappa shape index (κ2) is 10.9. The zero-order valence-electron chi connectivity index (χ0n) is 20.9. The van der Waals surface area contributed by atoms with Crippen molar-refractivity contribution in [3.63, 3.8) is 0 Å². The fraction of sp³-hybridized carbons (Fsp3) is 0.0938. The molecule has 4 aromatic carbocycles. The van der Waals surface area contributed by atoms with Gasteiger partial charge in [-0.1, -0.05) is 115 Å². The van der Waals surface area contributed by atoms with Crippen molar-refractivity contribution in [3.8, 4) is 0 Å². The summed E-state index contributed by atoms with van der Waals surface area (Å²) < 4.78 is 29.8. The van der Waals surface area contributed by atoms with Gasteiger partial charge in [-0.3, -0.25) is 9.10 Å². The number of amides is 1. The van der Waals surface area contributed by atoms with E-state index in [1.807, 2.05) is 103 Å². The summed E-state index contributed by atoms with van der Waals surface area (Å²) in [6, 6.07) is 35.8. The average Bonchev–Trinajstić information content (AvgIpc) is 2.95. The molecule has 4 aromatic rings. The molecule has 6 heteroatoms. The van der Waals surface area contributed by atoms with Gasteiger partial charge in [0.2, 0.25) is 0 Å². The highest BCUT2D eigenvalue weighted by molar-refractivity contribution is 7.97. The number of benzene rings is 4. The number of hydrogen-bond acceptors (Lipinski definition) is 3. The Morgan fingerprint density at radius 1 is 0.737 bits per heavy atom. The van der Waals surface area contributed by atoms with Crippen molar-refractivity contribution in [2.24, 2.45) is 0 Å². The van der Waals surface area contributed by atoms with E-state index >= 15 is 0 Å². The van der Waals surface area contributed by atoms with Crippen LogP contribution in [0.5, 0.6) is 0 Å². The van der Waals surface area contributed by atoms with E-state index in [1.54, 1.807) is 17.0 Å². The zero-order chi connectivity index (χ0) is 26.5. The number of para-hydroxylation sites is 1. The molecule has 0 N–H and O–H groups in total. The smallest absolute Gasteiger partial charge is 0.270 e. The lowest BCUT2D eigenvalue weighted by atomic mass is 9.95. The van der Waals surface area contributed by atoms with E-state index in [1.165, 1.54) is 10.4 Å². The topological polar surface area (TPSA) is 57.7 Å². The van der Waals surface area contributed by atoms with E-state index < -0.39 is 15.9 Å². The van der Waals surface area contributed by atoms with Crippen LogP contribution in [-0.2, 0) is 27.9 Å². The highest BCUT2D eigenvalue weighted by atomic mass is 32.2. The average molecular weight is 521 g/mol. The summed E-state index contributed by atoms with van der Waals surface area (Å²) in [5.74, 6) is -0.542. The van der Waals surface area contributed by atoms with Crippen LogP contribution in [-0.4, -0.2) is 25.8 Å². The number of nitrogens with zero attached hydrogens (tertiary/aromatic N) is 2. The SMILES string of the molecule is C=CCN1c2ccccc2C(c2ccccc2)=C(C(=O)N(Cc2ccccc2)Cc2ccccc2)S1(=O)=O. The molecule has 0 fully saturated rings. The summed E-state index contributed by atoms with van der Waals surface area (Å²) in [5, 5.41) is 0. The molecule has 0 atom stereocenters. The maximum absolute atomic E-state index is 14.5. The number of hydrogen-bond donors (Lipinski definition) is 0. The highest BCUT2D eigenvalue weighted by Crippen LogP contribution is 2.43. The summed E-state index contributed by atoms with van der Waals surface area (Å²) in [5.41, 5.74) is 4.13. The monoisotopic (exact) mass is 520 g/mol. The van der Waals surface area contributed by atoms with Crippen LogP contribution >= 0.6 is 0 Å². The van der Waals surface area contributed by atoms with Crippen LogP contribution in [0.25, 0.3) is 5.57 Å². The third-order valence-corrected chi connectivity index (χ3v) is 8.31. The Bertz CT molecular complexity index is 1540. The first kappa shape index (κ1) is 25.2. The van der Waals surface area contributed by atoms with Crippen molar-refractivity contribution in [1.82, 2.24) is 4.90 Å². The maximum atomic E-state index is 14.5. The summed E-state index contributed by atoms with van der Waals surface area (Å²) >= 11 is 0. The van der Waals surface area contributed by atoms with Gasteiger partial charge in [-0.05, 0) is 22.8 Å². The molecular formula is C32H28N2O3S.